The molecule has 0 aliphatic carbocycles. The summed E-state index contributed by atoms with van der Waals surface area (Å²) in [5.41, 5.74) is 2.69. The van der Waals surface area contributed by atoms with Gasteiger partial charge >= 0.3 is 5.97 Å². The summed E-state index contributed by atoms with van der Waals surface area (Å²) < 4.78 is 10.7. The number of hydrogen-bond donors (Lipinski definition) is 0. The topological polar surface area (TPSA) is 52.6 Å². The molecule has 3 aromatic rings. The van der Waals surface area contributed by atoms with Crippen molar-refractivity contribution in [1.82, 2.24) is 0 Å². The quantitative estimate of drug-likeness (QED) is 0.396. The summed E-state index contributed by atoms with van der Waals surface area (Å²) in [5, 5.41) is 0. The van der Waals surface area contributed by atoms with Gasteiger partial charge in [-0.25, -0.2) is 4.79 Å². The van der Waals surface area contributed by atoms with Crippen LogP contribution in [0, 0.1) is 0 Å². The molecule has 0 bridgehead atoms. The lowest BCUT2D eigenvalue weighted by Crippen LogP contribution is -2.18. The number of methoxy groups -OCH3 is 1. The van der Waals surface area contributed by atoms with E-state index in [2.05, 4.69) is 26.0 Å². The molecule has 0 heterocycles. The Kier molecular flexibility index (Phi) is 7.93. The molecule has 0 saturated heterocycles. The molecule has 0 aliphatic heterocycles. The minimum Gasteiger partial charge on any atom is -0.497 e. The van der Waals surface area contributed by atoms with Crippen molar-refractivity contribution in [3.63, 3.8) is 0 Å². The third kappa shape index (κ3) is 6.31. The fourth-order valence-electron chi connectivity index (χ4n) is 2.85. The first-order valence-electron chi connectivity index (χ1n) is 9.73. The van der Waals surface area contributed by atoms with Crippen LogP contribution in [0.15, 0.2) is 78.9 Å². The van der Waals surface area contributed by atoms with Crippen LogP contribution in [0.4, 0.5) is 0 Å². The molecule has 0 radical (unpaired) electrons. The van der Waals surface area contributed by atoms with Crippen molar-refractivity contribution in [2.75, 3.05) is 7.11 Å². The maximum Gasteiger partial charge on any atom is 0.343 e. The zero-order valence-corrected chi connectivity index (χ0v) is 18.1. The molecule has 0 unspecified atom stereocenters. The predicted molar refractivity (Wildman–Crippen MR) is 119 cm³/mol. The van der Waals surface area contributed by atoms with E-state index < -0.39 is 0 Å². The number of Topliss-reactive ketones (excluding diaryl/α,β-unsaturated/α-hetero) is 1. The summed E-state index contributed by atoms with van der Waals surface area (Å²) in [7, 11) is 1.66. The fourth-order valence-corrected chi connectivity index (χ4v) is 2.85. The van der Waals surface area contributed by atoms with E-state index in [0.717, 1.165) is 11.3 Å². The fraction of sp³-hybridized carbons (Fsp3) is 0.231. The second kappa shape index (κ2) is 10.4. The minimum atomic E-state index is -0.354. The van der Waals surface area contributed by atoms with E-state index in [0.29, 0.717) is 11.3 Å². The first-order chi connectivity index (χ1) is 14.2. The standard InChI is InChI=1S/C23H22O3.C3H6O/c1-23(2,18-9-13-20(25-3)14-10-18)19-11-15-21(16-12-19)26-22(24)17-7-5-4-6-8-17;1-3(2)4/h4-16H,1-3H3;1-2H3. The van der Waals surface area contributed by atoms with Crippen LogP contribution in [-0.2, 0) is 10.2 Å². The Balaban J connectivity index is 0.000000735. The molecule has 0 atom stereocenters. The molecule has 4 heteroatoms. The second-order valence-electron chi connectivity index (χ2n) is 7.54. The molecular weight excluding hydrogens is 376 g/mol. The van der Waals surface area contributed by atoms with Gasteiger partial charge in [-0.1, -0.05) is 56.3 Å². The Labute approximate surface area is 178 Å². The number of ether oxygens (including phenoxy) is 2. The number of rotatable bonds is 5. The van der Waals surface area contributed by atoms with Crippen molar-refractivity contribution >= 4 is 11.8 Å². The highest BCUT2D eigenvalue weighted by Gasteiger charge is 2.23. The number of benzene rings is 3. The van der Waals surface area contributed by atoms with Gasteiger partial charge in [-0.05, 0) is 61.4 Å². The van der Waals surface area contributed by atoms with Crippen molar-refractivity contribution in [2.24, 2.45) is 0 Å². The van der Waals surface area contributed by atoms with E-state index in [1.54, 1.807) is 19.2 Å². The van der Waals surface area contributed by atoms with Crippen LogP contribution < -0.4 is 9.47 Å². The van der Waals surface area contributed by atoms with Gasteiger partial charge in [0, 0.05) is 5.41 Å². The number of hydrogen-bond acceptors (Lipinski definition) is 4. The van der Waals surface area contributed by atoms with Gasteiger partial charge < -0.3 is 14.3 Å². The molecule has 0 N–H and O–H groups in total. The van der Waals surface area contributed by atoms with Crippen LogP contribution >= 0.6 is 0 Å². The van der Waals surface area contributed by atoms with Gasteiger partial charge in [0.15, 0.2) is 0 Å². The smallest absolute Gasteiger partial charge is 0.343 e. The Morgan fingerprint density at radius 3 is 1.57 bits per heavy atom. The molecule has 3 rings (SSSR count). The minimum absolute atomic E-state index is 0.167. The Bertz CT molecular complexity index is 952. The van der Waals surface area contributed by atoms with E-state index in [9.17, 15) is 9.59 Å². The SMILES string of the molecule is CC(C)=O.COc1ccc(C(C)(C)c2ccc(OC(=O)c3ccccc3)cc2)cc1. The van der Waals surface area contributed by atoms with Crippen molar-refractivity contribution in [2.45, 2.75) is 33.1 Å². The zero-order chi connectivity index (χ0) is 22.1. The van der Waals surface area contributed by atoms with Gasteiger partial charge in [-0.3, -0.25) is 0 Å². The molecular formula is C26H28O4. The molecule has 4 nitrogen and oxygen atoms in total. The lowest BCUT2D eigenvalue weighted by molar-refractivity contribution is -0.115. The van der Waals surface area contributed by atoms with Crippen LogP contribution in [0.3, 0.4) is 0 Å². The molecule has 0 fully saturated rings. The van der Waals surface area contributed by atoms with E-state index in [4.69, 9.17) is 9.47 Å². The molecule has 156 valence electrons. The van der Waals surface area contributed by atoms with Crippen LogP contribution in [0.25, 0.3) is 0 Å². The maximum absolute atomic E-state index is 12.1. The average Bonchev–Trinajstić information content (AvgIpc) is 2.74. The first-order valence-corrected chi connectivity index (χ1v) is 9.73. The van der Waals surface area contributed by atoms with Crippen LogP contribution in [-0.4, -0.2) is 18.9 Å². The summed E-state index contributed by atoms with van der Waals surface area (Å²) >= 11 is 0. The normalized spacial score (nSPS) is 10.4. The van der Waals surface area contributed by atoms with E-state index >= 15 is 0 Å². The maximum atomic E-state index is 12.1. The van der Waals surface area contributed by atoms with Crippen molar-refractivity contribution in [1.29, 1.82) is 0 Å². The number of carbonyl (C=O) groups excluding carboxylic acids is 2. The third-order valence-electron chi connectivity index (χ3n) is 4.61. The molecule has 0 amide bonds. The van der Waals surface area contributed by atoms with Gasteiger partial charge in [-0.15, -0.1) is 0 Å². The number of carbonyl (C=O) groups is 2. The van der Waals surface area contributed by atoms with Gasteiger partial charge in [0.05, 0.1) is 12.7 Å². The molecule has 30 heavy (non-hydrogen) atoms. The second-order valence-corrected chi connectivity index (χ2v) is 7.54. The van der Waals surface area contributed by atoms with E-state index in [1.165, 1.54) is 19.4 Å². The monoisotopic (exact) mass is 404 g/mol. The lowest BCUT2D eigenvalue weighted by Gasteiger charge is -2.26. The van der Waals surface area contributed by atoms with E-state index in [1.807, 2.05) is 54.6 Å². The van der Waals surface area contributed by atoms with Crippen molar-refractivity contribution in [3.05, 3.63) is 95.6 Å². The Hall–Kier alpha value is -3.40. The van der Waals surface area contributed by atoms with Crippen molar-refractivity contribution in [3.8, 4) is 11.5 Å². The summed E-state index contributed by atoms with van der Waals surface area (Å²) in [4.78, 5) is 21.6. The highest BCUT2D eigenvalue weighted by molar-refractivity contribution is 5.90. The predicted octanol–water partition coefficient (Wildman–Crippen LogP) is 5.84. The van der Waals surface area contributed by atoms with E-state index in [-0.39, 0.29) is 17.2 Å². The van der Waals surface area contributed by atoms with Gasteiger partial charge in [0.2, 0.25) is 0 Å². The number of esters is 1. The lowest BCUT2D eigenvalue weighted by atomic mass is 9.78. The molecule has 3 aromatic carbocycles. The average molecular weight is 405 g/mol. The highest BCUT2D eigenvalue weighted by Crippen LogP contribution is 2.33. The third-order valence-corrected chi connectivity index (χ3v) is 4.61. The van der Waals surface area contributed by atoms with Gasteiger partial charge in [0.1, 0.15) is 17.3 Å². The summed E-state index contributed by atoms with van der Waals surface area (Å²) in [6, 6.07) is 24.7. The van der Waals surface area contributed by atoms with Crippen LogP contribution in [0.5, 0.6) is 11.5 Å². The van der Waals surface area contributed by atoms with Crippen LogP contribution in [0.1, 0.15) is 49.2 Å². The molecule has 0 aliphatic rings. The number of ketones is 1. The molecule has 0 aromatic heterocycles. The largest absolute Gasteiger partial charge is 0.497 e. The summed E-state index contributed by atoms with van der Waals surface area (Å²) in [5.74, 6) is 1.19. The Morgan fingerprint density at radius 1 is 0.700 bits per heavy atom. The zero-order valence-electron chi connectivity index (χ0n) is 18.1. The molecule has 0 saturated carbocycles. The summed E-state index contributed by atoms with van der Waals surface area (Å²) in [6.45, 7) is 7.39. The Morgan fingerprint density at radius 2 is 1.13 bits per heavy atom. The first kappa shape index (κ1) is 22.9. The van der Waals surface area contributed by atoms with Crippen molar-refractivity contribution < 1.29 is 19.1 Å². The summed E-state index contributed by atoms with van der Waals surface area (Å²) in [6.07, 6.45) is 0. The highest BCUT2D eigenvalue weighted by atomic mass is 16.5. The van der Waals surface area contributed by atoms with Gasteiger partial charge in [-0.2, -0.15) is 0 Å². The molecule has 0 spiro atoms. The van der Waals surface area contributed by atoms with Gasteiger partial charge in [0.25, 0.3) is 0 Å². The van der Waals surface area contributed by atoms with Crippen LogP contribution in [0.2, 0.25) is 0 Å².